The number of esters is 1. The van der Waals surface area contributed by atoms with Gasteiger partial charge < -0.3 is 44.9 Å². The Balaban J connectivity index is 2.14. The van der Waals surface area contributed by atoms with Gasteiger partial charge in [0.2, 0.25) is 0 Å². The maximum atomic E-state index is 14.2. The lowest BCUT2D eigenvalue weighted by Gasteiger charge is -2.47. The second-order valence-electron chi connectivity index (χ2n) is 15.8. The van der Waals surface area contributed by atoms with Crippen LogP contribution >= 0.6 is 0 Å². The van der Waals surface area contributed by atoms with Crippen LogP contribution in [0.3, 0.4) is 0 Å². The minimum absolute atomic E-state index is 0.220. The quantitative estimate of drug-likeness (QED) is 0.128. The molecule has 0 unspecified atom stereocenters. The molecule has 3 aliphatic rings. The number of rotatable bonds is 10. The fourth-order valence-corrected chi connectivity index (χ4v) is 8.26. The van der Waals surface area contributed by atoms with E-state index in [1.165, 1.54) is 13.8 Å². The SMILES string of the molecule is C#CCCN(C)[C@H]1C[C@@H](C)O[C@@H](O[C@@H]2[C@@H](C)C(=O)[C@@H](C)C(=O)O[C@H](CC)[C@@](C)(O)[C@H](O)[C@@H](C)C(NC[C@@H]3CCCNC3)=C(C)C[C@@]2(C)OC)[C@@H]1O. The van der Waals surface area contributed by atoms with E-state index in [4.69, 9.17) is 25.4 Å². The number of ketones is 1. The van der Waals surface area contributed by atoms with Crippen molar-refractivity contribution in [3.05, 3.63) is 11.3 Å². The lowest BCUT2D eigenvalue weighted by atomic mass is 9.77. The molecule has 2 saturated heterocycles. The van der Waals surface area contributed by atoms with Gasteiger partial charge in [0.05, 0.1) is 23.9 Å². The second kappa shape index (κ2) is 18.8. The Bertz CT molecular complexity index is 1230. The number of cyclic esters (lactones) is 1. The van der Waals surface area contributed by atoms with E-state index in [0.29, 0.717) is 31.8 Å². The van der Waals surface area contributed by atoms with Gasteiger partial charge >= 0.3 is 5.97 Å². The van der Waals surface area contributed by atoms with E-state index in [9.17, 15) is 24.9 Å². The largest absolute Gasteiger partial charge is 0.459 e. The van der Waals surface area contributed by atoms with Gasteiger partial charge in [-0.05, 0) is 86.4 Å². The van der Waals surface area contributed by atoms with Crippen molar-refractivity contribution in [1.29, 1.82) is 0 Å². The molecule has 0 aromatic rings. The topological polar surface area (TPSA) is 159 Å². The summed E-state index contributed by atoms with van der Waals surface area (Å²) in [6, 6.07) is -0.313. The van der Waals surface area contributed by atoms with E-state index in [1.54, 1.807) is 21.0 Å². The molecule has 3 rings (SSSR count). The summed E-state index contributed by atoms with van der Waals surface area (Å²) >= 11 is 0. The Morgan fingerprint density at radius 2 is 1.84 bits per heavy atom. The van der Waals surface area contributed by atoms with Crippen LogP contribution in [0.15, 0.2) is 11.3 Å². The zero-order chi connectivity index (χ0) is 38.3. The highest BCUT2D eigenvalue weighted by atomic mass is 16.7. The molecule has 3 aliphatic heterocycles. The van der Waals surface area contributed by atoms with Gasteiger partial charge in [-0.2, -0.15) is 0 Å². The molecule has 12 heteroatoms. The van der Waals surface area contributed by atoms with Gasteiger partial charge in [-0.15, -0.1) is 12.3 Å². The molecule has 2 fully saturated rings. The van der Waals surface area contributed by atoms with Crippen molar-refractivity contribution < 1.29 is 43.9 Å². The monoisotopic (exact) mass is 721 g/mol. The number of aliphatic hydroxyl groups is 3. The third-order valence-corrected chi connectivity index (χ3v) is 11.7. The van der Waals surface area contributed by atoms with Crippen molar-refractivity contribution in [1.82, 2.24) is 15.5 Å². The van der Waals surface area contributed by atoms with E-state index < -0.39 is 71.4 Å². The number of Topliss-reactive ketones (excluding diaryl/α,β-unsaturated/α-hetero) is 1. The number of hydrogen-bond acceptors (Lipinski definition) is 12. The van der Waals surface area contributed by atoms with Gasteiger partial charge in [0.1, 0.15) is 23.7 Å². The number of hydrogen-bond donors (Lipinski definition) is 5. The van der Waals surface area contributed by atoms with Crippen LogP contribution < -0.4 is 10.6 Å². The molecule has 51 heavy (non-hydrogen) atoms. The number of carbonyl (C=O) groups excluding carboxylic acids is 2. The first-order valence-electron chi connectivity index (χ1n) is 18.9. The van der Waals surface area contributed by atoms with Crippen LogP contribution in [0, 0.1) is 36.0 Å². The highest BCUT2D eigenvalue weighted by Gasteiger charge is 2.50. The number of likely N-dealkylation sites (N-methyl/N-ethyl adjacent to an activating group) is 1. The number of nitrogens with one attached hydrogen (secondary N) is 2. The van der Waals surface area contributed by atoms with E-state index in [-0.39, 0.29) is 25.0 Å². The zero-order valence-corrected chi connectivity index (χ0v) is 32.7. The van der Waals surface area contributed by atoms with Crippen molar-refractivity contribution >= 4 is 11.8 Å². The third-order valence-electron chi connectivity index (χ3n) is 11.7. The first-order valence-corrected chi connectivity index (χ1v) is 18.9. The van der Waals surface area contributed by atoms with Gasteiger partial charge in [-0.3, -0.25) is 14.5 Å². The van der Waals surface area contributed by atoms with Crippen LogP contribution in [0.4, 0.5) is 0 Å². The molecule has 0 aliphatic carbocycles. The molecule has 5 N–H and O–H groups in total. The first kappa shape index (κ1) is 43.3. The van der Waals surface area contributed by atoms with E-state index in [2.05, 4.69) is 16.6 Å². The predicted molar refractivity (Wildman–Crippen MR) is 195 cm³/mol. The van der Waals surface area contributed by atoms with Crippen molar-refractivity contribution in [2.24, 2.45) is 23.7 Å². The number of ether oxygens (including phenoxy) is 4. The highest BCUT2D eigenvalue weighted by molar-refractivity contribution is 6.00. The molecule has 0 radical (unpaired) electrons. The Morgan fingerprint density at radius 3 is 2.43 bits per heavy atom. The van der Waals surface area contributed by atoms with E-state index in [1.807, 2.05) is 39.6 Å². The fraction of sp³-hybridized carbons (Fsp3) is 0.846. The minimum Gasteiger partial charge on any atom is -0.459 e. The third kappa shape index (κ3) is 10.3. The highest BCUT2D eigenvalue weighted by Crippen LogP contribution is 2.39. The molecule has 0 aromatic carbocycles. The molecule has 0 aromatic heterocycles. The van der Waals surface area contributed by atoms with Gasteiger partial charge in [0.15, 0.2) is 12.1 Å². The predicted octanol–water partition coefficient (Wildman–Crippen LogP) is 2.77. The smallest absolute Gasteiger partial charge is 0.316 e. The van der Waals surface area contributed by atoms with Crippen LogP contribution in [0.1, 0.15) is 93.9 Å². The molecule has 0 bridgehead atoms. The number of nitrogens with zero attached hydrogens (tertiary/aromatic N) is 1. The Hall–Kier alpha value is -2.08. The molecule has 0 spiro atoms. The lowest BCUT2D eigenvalue weighted by Crippen LogP contribution is -2.59. The van der Waals surface area contributed by atoms with Crippen molar-refractivity contribution in [2.45, 2.75) is 148 Å². The molecular formula is C39H67N3O9. The van der Waals surface area contributed by atoms with Crippen LogP contribution in [-0.2, 0) is 28.5 Å². The molecule has 292 valence electrons. The summed E-state index contributed by atoms with van der Waals surface area (Å²) in [6.07, 6.45) is 3.37. The summed E-state index contributed by atoms with van der Waals surface area (Å²) in [7, 11) is 3.46. The van der Waals surface area contributed by atoms with Gasteiger partial charge in [-0.25, -0.2) is 0 Å². The summed E-state index contributed by atoms with van der Waals surface area (Å²) in [6.45, 7) is 17.1. The Morgan fingerprint density at radius 1 is 1.16 bits per heavy atom. The fourth-order valence-electron chi connectivity index (χ4n) is 8.26. The summed E-state index contributed by atoms with van der Waals surface area (Å²) in [4.78, 5) is 29.8. The molecule has 12 nitrogen and oxygen atoms in total. The van der Waals surface area contributed by atoms with Crippen LogP contribution in [-0.4, -0.2) is 126 Å². The maximum Gasteiger partial charge on any atom is 0.316 e. The summed E-state index contributed by atoms with van der Waals surface area (Å²) in [5, 5.41) is 42.3. The standard InChI is InChI=1S/C39H67N3O9/c1-12-14-18-42(10)29-19-24(4)49-37(33(29)44)51-35-26(6)32(43)27(7)36(46)50-30(13-2)39(9,47)34(45)25(5)31(23(3)20-38(35,8)48-11)41-22-28-16-15-17-40-21-28/h1,24-30,33-35,37,40-41,44-45,47H,13-22H2,2-11H3/t24-,25+,26+,27-,28-,29+,30-,33-,34-,35-,37+,38-,39-/m1/s1. The number of carbonyl (C=O) groups is 2. The van der Waals surface area contributed by atoms with Crippen LogP contribution in [0.25, 0.3) is 0 Å². The summed E-state index contributed by atoms with van der Waals surface area (Å²) in [5.41, 5.74) is -1.43. The number of piperidine rings is 1. The van der Waals surface area contributed by atoms with Crippen molar-refractivity contribution in [2.75, 3.05) is 40.3 Å². The number of methoxy groups -OCH3 is 1. The Kier molecular flexibility index (Phi) is 16.0. The lowest BCUT2D eigenvalue weighted by molar-refractivity contribution is -0.294. The average molecular weight is 722 g/mol. The van der Waals surface area contributed by atoms with Gasteiger partial charge in [-0.1, -0.05) is 26.3 Å². The number of aliphatic hydroxyl groups excluding tert-OH is 2. The minimum atomic E-state index is -1.83. The molecule has 13 atom stereocenters. The van der Waals surface area contributed by atoms with E-state index >= 15 is 0 Å². The van der Waals surface area contributed by atoms with Crippen molar-refractivity contribution in [3.8, 4) is 12.3 Å². The first-order chi connectivity index (χ1) is 23.9. The van der Waals surface area contributed by atoms with Gasteiger partial charge in [0.25, 0.3) is 0 Å². The normalized spacial score (nSPS) is 40.8. The average Bonchev–Trinajstić information content (AvgIpc) is 3.11. The Labute approximate surface area is 306 Å². The maximum absolute atomic E-state index is 14.2. The number of terminal acetylenes is 1. The zero-order valence-electron chi connectivity index (χ0n) is 32.7. The van der Waals surface area contributed by atoms with Crippen LogP contribution in [0.5, 0.6) is 0 Å². The second-order valence-corrected chi connectivity index (χ2v) is 15.8. The van der Waals surface area contributed by atoms with E-state index in [0.717, 1.165) is 37.2 Å². The molecule has 3 heterocycles. The summed E-state index contributed by atoms with van der Waals surface area (Å²) < 4.78 is 25.0. The van der Waals surface area contributed by atoms with Crippen molar-refractivity contribution in [3.63, 3.8) is 0 Å². The molecule has 0 amide bonds. The van der Waals surface area contributed by atoms with Gasteiger partial charge in [0, 0.05) is 56.6 Å². The van der Waals surface area contributed by atoms with Crippen LogP contribution in [0.2, 0.25) is 0 Å². The summed E-state index contributed by atoms with van der Waals surface area (Å²) in [5.74, 6) is -0.963. The molecule has 0 saturated carbocycles. The molecular weight excluding hydrogens is 654 g/mol.